The highest BCUT2D eigenvalue weighted by Crippen LogP contribution is 2.23. The smallest absolute Gasteiger partial charge is 0.239 e. The Labute approximate surface area is 144 Å². The number of hydrogen-bond acceptors (Lipinski definition) is 5. The maximum absolute atomic E-state index is 12.0. The van der Waals surface area contributed by atoms with E-state index >= 15 is 0 Å². The molecule has 1 amide bonds. The summed E-state index contributed by atoms with van der Waals surface area (Å²) in [5.74, 6) is 0.696. The maximum Gasteiger partial charge on any atom is 0.239 e. The molecule has 0 saturated carbocycles. The molecule has 5 nitrogen and oxygen atoms in total. The average molecular weight is 339 g/mol. The van der Waals surface area contributed by atoms with Gasteiger partial charge < -0.3 is 10.1 Å². The molecule has 0 aliphatic carbocycles. The van der Waals surface area contributed by atoms with Gasteiger partial charge in [-0.05, 0) is 24.1 Å². The van der Waals surface area contributed by atoms with Crippen LogP contribution in [0.4, 0.5) is 0 Å². The molecule has 0 aromatic heterocycles. The van der Waals surface area contributed by atoms with Gasteiger partial charge in [-0.1, -0.05) is 54.2 Å². The van der Waals surface area contributed by atoms with Crippen molar-refractivity contribution >= 4 is 29.1 Å². The van der Waals surface area contributed by atoms with Crippen molar-refractivity contribution in [3.63, 3.8) is 0 Å². The molecule has 1 fully saturated rings. The third kappa shape index (κ3) is 4.02. The van der Waals surface area contributed by atoms with Crippen LogP contribution in [0.5, 0.6) is 5.75 Å². The summed E-state index contributed by atoms with van der Waals surface area (Å²) in [4.78, 5) is 12.0. The Bertz CT molecular complexity index is 775. The van der Waals surface area contributed by atoms with E-state index in [0.29, 0.717) is 11.6 Å². The summed E-state index contributed by atoms with van der Waals surface area (Å²) in [7, 11) is 1.61. The summed E-state index contributed by atoms with van der Waals surface area (Å²) in [6, 6.07) is 17.5. The van der Waals surface area contributed by atoms with Crippen molar-refractivity contribution in [2.45, 2.75) is 11.7 Å². The highest BCUT2D eigenvalue weighted by atomic mass is 32.2. The first-order valence-electron chi connectivity index (χ1n) is 7.52. The molecule has 1 aliphatic rings. The fourth-order valence-corrected chi connectivity index (χ4v) is 3.30. The largest absolute Gasteiger partial charge is 0.496 e. The summed E-state index contributed by atoms with van der Waals surface area (Å²) >= 11 is 1.40. The second-order valence-corrected chi connectivity index (χ2v) is 6.37. The summed E-state index contributed by atoms with van der Waals surface area (Å²) in [6.07, 6.45) is 2.29. The molecule has 2 aromatic carbocycles. The van der Waals surface area contributed by atoms with Gasteiger partial charge in [-0.3, -0.25) is 4.79 Å². The second kappa shape index (κ2) is 7.79. The van der Waals surface area contributed by atoms with E-state index < -0.39 is 0 Å². The third-order valence-corrected chi connectivity index (χ3v) is 4.60. The normalized spacial score (nSPS) is 19.0. The van der Waals surface area contributed by atoms with Gasteiger partial charge in [0.25, 0.3) is 0 Å². The van der Waals surface area contributed by atoms with Gasteiger partial charge in [0.15, 0.2) is 5.17 Å². The van der Waals surface area contributed by atoms with E-state index in [2.05, 4.69) is 15.5 Å². The van der Waals surface area contributed by atoms with E-state index in [1.807, 2.05) is 54.6 Å². The monoisotopic (exact) mass is 339 g/mol. The quantitative estimate of drug-likeness (QED) is 0.673. The van der Waals surface area contributed by atoms with Crippen LogP contribution in [0.15, 0.2) is 64.8 Å². The number of thioether (sulfide) groups is 1. The lowest BCUT2D eigenvalue weighted by Crippen LogP contribution is -2.25. The standard InChI is InChI=1S/C18H17N3O2S/c1-23-15-10-6-5-9-14(15)12-19-21-18-20-17(22)16(24-18)11-13-7-3-2-4-8-13/h2-10,12,16H,11H2,1H3,(H,20,21,22)/b19-12+. The van der Waals surface area contributed by atoms with Crippen molar-refractivity contribution in [1.82, 2.24) is 5.32 Å². The SMILES string of the molecule is COc1ccccc1/C=N/N=C1/NC(=O)C(Cc2ccccc2)S1. The van der Waals surface area contributed by atoms with Gasteiger partial charge in [0.1, 0.15) is 5.75 Å². The molecule has 1 heterocycles. The number of rotatable bonds is 5. The van der Waals surface area contributed by atoms with E-state index in [4.69, 9.17) is 4.74 Å². The van der Waals surface area contributed by atoms with Gasteiger partial charge in [0.2, 0.25) is 5.91 Å². The molecular formula is C18H17N3O2S. The van der Waals surface area contributed by atoms with Crippen molar-refractivity contribution in [2.75, 3.05) is 7.11 Å². The van der Waals surface area contributed by atoms with Gasteiger partial charge >= 0.3 is 0 Å². The molecule has 1 unspecified atom stereocenters. The predicted molar refractivity (Wildman–Crippen MR) is 97.7 cm³/mol. The summed E-state index contributed by atoms with van der Waals surface area (Å²) in [5.41, 5.74) is 1.96. The van der Waals surface area contributed by atoms with Crippen LogP contribution in [0.25, 0.3) is 0 Å². The van der Waals surface area contributed by atoms with Gasteiger partial charge in [0.05, 0.1) is 18.6 Å². The number of nitrogens with zero attached hydrogens (tertiary/aromatic N) is 2. The predicted octanol–water partition coefficient (Wildman–Crippen LogP) is 2.86. The summed E-state index contributed by atoms with van der Waals surface area (Å²) in [6.45, 7) is 0. The van der Waals surface area contributed by atoms with Gasteiger partial charge in [-0.2, -0.15) is 5.10 Å². The lowest BCUT2D eigenvalue weighted by Gasteiger charge is -2.04. The van der Waals surface area contributed by atoms with Gasteiger partial charge in [0, 0.05) is 5.56 Å². The molecule has 1 aliphatic heterocycles. The van der Waals surface area contributed by atoms with Crippen molar-refractivity contribution in [3.8, 4) is 5.75 Å². The molecule has 122 valence electrons. The number of carbonyl (C=O) groups excluding carboxylic acids is 1. The zero-order valence-corrected chi connectivity index (χ0v) is 14.0. The molecule has 6 heteroatoms. The maximum atomic E-state index is 12.0. The zero-order valence-electron chi connectivity index (χ0n) is 13.2. The zero-order chi connectivity index (χ0) is 16.8. The Morgan fingerprint density at radius 2 is 1.92 bits per heavy atom. The van der Waals surface area contributed by atoms with Gasteiger partial charge in [-0.15, -0.1) is 5.10 Å². The fourth-order valence-electron chi connectivity index (χ4n) is 2.33. The number of nitrogens with one attached hydrogen (secondary N) is 1. The van der Waals surface area contributed by atoms with Crippen LogP contribution in [0.3, 0.4) is 0 Å². The number of carbonyl (C=O) groups is 1. The number of benzene rings is 2. The van der Waals surface area contributed by atoms with E-state index in [1.54, 1.807) is 13.3 Å². The molecule has 0 radical (unpaired) electrons. The summed E-state index contributed by atoms with van der Waals surface area (Å²) < 4.78 is 5.25. The van der Waals surface area contributed by atoms with Crippen LogP contribution < -0.4 is 10.1 Å². The molecular weight excluding hydrogens is 322 g/mol. The fraction of sp³-hybridized carbons (Fsp3) is 0.167. The van der Waals surface area contributed by atoms with E-state index in [-0.39, 0.29) is 11.2 Å². The molecule has 2 aromatic rings. The lowest BCUT2D eigenvalue weighted by atomic mass is 10.1. The number of amides is 1. The molecule has 24 heavy (non-hydrogen) atoms. The Kier molecular flexibility index (Phi) is 5.28. The van der Waals surface area contributed by atoms with Crippen LogP contribution >= 0.6 is 11.8 Å². The van der Waals surface area contributed by atoms with Gasteiger partial charge in [-0.25, -0.2) is 0 Å². The second-order valence-electron chi connectivity index (χ2n) is 5.18. The molecule has 3 rings (SSSR count). The van der Waals surface area contributed by atoms with Crippen LogP contribution in [0.2, 0.25) is 0 Å². The molecule has 1 N–H and O–H groups in total. The average Bonchev–Trinajstić information content (AvgIpc) is 2.96. The van der Waals surface area contributed by atoms with Crippen molar-refractivity contribution < 1.29 is 9.53 Å². The molecule has 0 bridgehead atoms. The third-order valence-electron chi connectivity index (χ3n) is 3.52. The van der Waals surface area contributed by atoms with Crippen LogP contribution in [-0.4, -0.2) is 29.6 Å². The van der Waals surface area contributed by atoms with E-state index in [1.165, 1.54) is 11.8 Å². The van der Waals surface area contributed by atoms with Crippen molar-refractivity contribution in [3.05, 3.63) is 65.7 Å². The van der Waals surface area contributed by atoms with Crippen LogP contribution in [-0.2, 0) is 11.2 Å². The Hall–Kier alpha value is -2.60. The Morgan fingerprint density at radius 1 is 1.17 bits per heavy atom. The Morgan fingerprint density at radius 3 is 2.71 bits per heavy atom. The topological polar surface area (TPSA) is 63.1 Å². The number of methoxy groups -OCH3 is 1. The lowest BCUT2D eigenvalue weighted by molar-refractivity contribution is -0.118. The first-order chi connectivity index (χ1) is 11.8. The molecule has 1 saturated heterocycles. The first kappa shape index (κ1) is 16.3. The highest BCUT2D eigenvalue weighted by Gasteiger charge is 2.30. The minimum Gasteiger partial charge on any atom is -0.496 e. The highest BCUT2D eigenvalue weighted by molar-refractivity contribution is 8.15. The number of amidine groups is 1. The van der Waals surface area contributed by atoms with Crippen molar-refractivity contribution in [1.29, 1.82) is 0 Å². The number of ether oxygens (including phenoxy) is 1. The molecule has 0 spiro atoms. The Balaban J connectivity index is 1.65. The number of hydrogen-bond donors (Lipinski definition) is 1. The van der Waals surface area contributed by atoms with Crippen LogP contribution in [0, 0.1) is 0 Å². The van der Waals surface area contributed by atoms with E-state index in [0.717, 1.165) is 16.9 Å². The number of para-hydroxylation sites is 1. The summed E-state index contributed by atoms with van der Waals surface area (Å²) in [5, 5.41) is 11.3. The van der Waals surface area contributed by atoms with Crippen LogP contribution in [0.1, 0.15) is 11.1 Å². The van der Waals surface area contributed by atoms with Crippen molar-refractivity contribution in [2.24, 2.45) is 10.2 Å². The first-order valence-corrected chi connectivity index (χ1v) is 8.39. The molecule has 1 atom stereocenters. The minimum absolute atomic E-state index is 0.0323. The van der Waals surface area contributed by atoms with E-state index in [9.17, 15) is 4.79 Å². The minimum atomic E-state index is -0.174.